The molecule has 0 aliphatic heterocycles. The summed E-state index contributed by atoms with van der Waals surface area (Å²) in [6.45, 7) is 0. The Hall–Kier alpha value is -1.86. The smallest absolute Gasteiger partial charge is 0.194 e. The summed E-state index contributed by atoms with van der Waals surface area (Å²) in [5, 5.41) is 9.15. The monoisotopic (exact) mass is 253 g/mol. The van der Waals surface area contributed by atoms with Crippen molar-refractivity contribution in [2.75, 3.05) is 0 Å². The molecule has 0 saturated heterocycles. The molecule has 0 radical (unpaired) electrons. The van der Waals surface area contributed by atoms with Crippen molar-refractivity contribution in [3.05, 3.63) is 36.2 Å². The zero-order valence-electron chi connectivity index (χ0n) is 9.76. The molecule has 3 aromatic rings. The van der Waals surface area contributed by atoms with Gasteiger partial charge in [-0.15, -0.1) is 0 Å². The molecule has 0 spiro atoms. The Morgan fingerprint density at radius 3 is 3.11 bits per heavy atom. The summed E-state index contributed by atoms with van der Waals surface area (Å²) in [5.41, 5.74) is 2.41. The van der Waals surface area contributed by atoms with Gasteiger partial charge in [-0.05, 0) is 37.0 Å². The van der Waals surface area contributed by atoms with E-state index in [2.05, 4.69) is 33.7 Å². The maximum atomic E-state index is 9.15. The predicted molar refractivity (Wildman–Crippen MR) is 71.6 cm³/mol. The molecule has 0 N–H and O–H groups in total. The van der Waals surface area contributed by atoms with E-state index < -0.39 is 0 Å². The molecule has 18 heavy (non-hydrogen) atoms. The molecule has 2 aromatic heterocycles. The number of nitriles is 1. The molecule has 4 rings (SSSR count). The van der Waals surface area contributed by atoms with E-state index in [0.717, 1.165) is 24.2 Å². The second kappa shape index (κ2) is 3.33. The van der Waals surface area contributed by atoms with Crippen LogP contribution < -0.4 is 0 Å². The van der Waals surface area contributed by atoms with Crippen molar-refractivity contribution in [2.45, 2.75) is 19.3 Å². The molecular formula is C14H11N3S. The quantitative estimate of drug-likeness (QED) is 0.702. The van der Waals surface area contributed by atoms with Gasteiger partial charge in [-0.25, -0.2) is 4.98 Å². The molecule has 0 bridgehead atoms. The standard InChI is InChI=1S/C14H11N3S/c15-9-14(3-4-14)8-10-1-2-11-12(7-10)18-13-16-5-6-17(11)13/h1-2,5-7H,3-4,8H2. The average Bonchev–Trinajstić information content (AvgIpc) is 2.85. The van der Waals surface area contributed by atoms with Gasteiger partial charge >= 0.3 is 0 Å². The van der Waals surface area contributed by atoms with Crippen LogP contribution in [0.15, 0.2) is 30.6 Å². The highest BCUT2D eigenvalue weighted by Crippen LogP contribution is 2.47. The molecule has 1 aromatic carbocycles. The summed E-state index contributed by atoms with van der Waals surface area (Å²) in [5.74, 6) is 0. The summed E-state index contributed by atoms with van der Waals surface area (Å²) in [4.78, 5) is 5.35. The van der Waals surface area contributed by atoms with E-state index in [1.165, 1.54) is 15.8 Å². The first-order valence-electron chi connectivity index (χ1n) is 6.05. The van der Waals surface area contributed by atoms with Crippen molar-refractivity contribution in [1.82, 2.24) is 9.38 Å². The van der Waals surface area contributed by atoms with Crippen LogP contribution in [-0.4, -0.2) is 9.38 Å². The van der Waals surface area contributed by atoms with Crippen molar-refractivity contribution < 1.29 is 0 Å². The van der Waals surface area contributed by atoms with Crippen molar-refractivity contribution >= 4 is 26.5 Å². The minimum atomic E-state index is -0.0644. The normalized spacial score (nSPS) is 17.1. The molecule has 88 valence electrons. The van der Waals surface area contributed by atoms with Crippen LogP contribution in [0.1, 0.15) is 18.4 Å². The Kier molecular flexibility index (Phi) is 1.87. The predicted octanol–water partition coefficient (Wildman–Crippen LogP) is 3.40. The van der Waals surface area contributed by atoms with E-state index in [1.807, 2.05) is 12.4 Å². The van der Waals surface area contributed by atoms with E-state index in [-0.39, 0.29) is 5.41 Å². The fourth-order valence-corrected chi connectivity index (χ4v) is 3.52. The lowest BCUT2D eigenvalue weighted by Crippen LogP contribution is -2.00. The van der Waals surface area contributed by atoms with Crippen molar-refractivity contribution in [3.8, 4) is 6.07 Å². The minimum absolute atomic E-state index is 0.0644. The maximum absolute atomic E-state index is 9.15. The van der Waals surface area contributed by atoms with Crippen molar-refractivity contribution in [1.29, 1.82) is 5.26 Å². The molecule has 1 saturated carbocycles. The molecule has 0 unspecified atom stereocenters. The lowest BCUT2D eigenvalue weighted by molar-refractivity contribution is 0.665. The van der Waals surface area contributed by atoms with Gasteiger partial charge in [0.25, 0.3) is 0 Å². The highest BCUT2D eigenvalue weighted by molar-refractivity contribution is 7.23. The number of fused-ring (bicyclic) bond motifs is 3. The Balaban J connectivity index is 1.81. The summed E-state index contributed by atoms with van der Waals surface area (Å²) in [7, 11) is 0. The topological polar surface area (TPSA) is 41.1 Å². The fourth-order valence-electron chi connectivity index (χ4n) is 2.47. The molecule has 1 aliphatic carbocycles. The van der Waals surface area contributed by atoms with Gasteiger partial charge in [-0.3, -0.25) is 4.40 Å². The first-order chi connectivity index (χ1) is 8.80. The molecule has 3 nitrogen and oxygen atoms in total. The van der Waals surface area contributed by atoms with Gasteiger partial charge in [0.15, 0.2) is 4.96 Å². The van der Waals surface area contributed by atoms with E-state index in [0.29, 0.717) is 0 Å². The van der Waals surface area contributed by atoms with Gasteiger partial charge in [0.2, 0.25) is 0 Å². The number of hydrogen-bond donors (Lipinski definition) is 0. The first kappa shape index (κ1) is 10.1. The zero-order chi connectivity index (χ0) is 12.2. The number of thiazole rings is 1. The zero-order valence-corrected chi connectivity index (χ0v) is 10.6. The van der Waals surface area contributed by atoms with E-state index in [1.54, 1.807) is 11.3 Å². The third kappa shape index (κ3) is 1.37. The Morgan fingerprint density at radius 2 is 2.33 bits per heavy atom. The van der Waals surface area contributed by atoms with Crippen LogP contribution in [0.25, 0.3) is 15.2 Å². The maximum Gasteiger partial charge on any atom is 0.194 e. The third-order valence-electron chi connectivity index (χ3n) is 3.73. The lowest BCUT2D eigenvalue weighted by atomic mass is 9.98. The summed E-state index contributed by atoms with van der Waals surface area (Å²) in [6, 6.07) is 8.96. The van der Waals surface area contributed by atoms with Crippen LogP contribution in [0.3, 0.4) is 0 Å². The molecular weight excluding hydrogens is 242 g/mol. The van der Waals surface area contributed by atoms with Crippen LogP contribution in [0.2, 0.25) is 0 Å². The van der Waals surface area contributed by atoms with Gasteiger partial charge in [0.1, 0.15) is 0 Å². The first-order valence-corrected chi connectivity index (χ1v) is 6.87. The fraction of sp³-hybridized carbons (Fsp3) is 0.286. The van der Waals surface area contributed by atoms with E-state index in [9.17, 15) is 0 Å². The molecule has 4 heteroatoms. The Bertz CT molecular complexity index is 786. The van der Waals surface area contributed by atoms with Gasteiger partial charge < -0.3 is 0 Å². The van der Waals surface area contributed by atoms with Crippen LogP contribution in [0.4, 0.5) is 0 Å². The number of benzene rings is 1. The summed E-state index contributed by atoms with van der Waals surface area (Å²) >= 11 is 1.71. The molecule has 1 fully saturated rings. The van der Waals surface area contributed by atoms with Gasteiger partial charge in [-0.2, -0.15) is 5.26 Å². The Labute approximate surface area is 108 Å². The molecule has 0 atom stereocenters. The van der Waals surface area contributed by atoms with Crippen LogP contribution in [-0.2, 0) is 6.42 Å². The van der Waals surface area contributed by atoms with E-state index >= 15 is 0 Å². The summed E-state index contributed by atoms with van der Waals surface area (Å²) < 4.78 is 3.37. The van der Waals surface area contributed by atoms with Crippen molar-refractivity contribution in [2.24, 2.45) is 5.41 Å². The average molecular weight is 253 g/mol. The number of rotatable bonds is 2. The van der Waals surface area contributed by atoms with E-state index in [4.69, 9.17) is 5.26 Å². The largest absolute Gasteiger partial charge is 0.290 e. The van der Waals surface area contributed by atoms with Gasteiger partial charge in [0, 0.05) is 12.4 Å². The van der Waals surface area contributed by atoms with Crippen molar-refractivity contribution in [3.63, 3.8) is 0 Å². The van der Waals surface area contributed by atoms with Gasteiger partial charge in [0.05, 0.1) is 21.7 Å². The number of aromatic nitrogens is 2. The highest BCUT2D eigenvalue weighted by atomic mass is 32.1. The Morgan fingerprint density at radius 1 is 1.44 bits per heavy atom. The number of nitrogens with zero attached hydrogens (tertiary/aromatic N) is 3. The molecule has 1 aliphatic rings. The molecule has 0 amide bonds. The second-order valence-corrected chi connectivity index (χ2v) is 6.06. The summed E-state index contributed by atoms with van der Waals surface area (Å²) in [6.07, 6.45) is 6.81. The van der Waals surface area contributed by atoms with Crippen LogP contribution in [0.5, 0.6) is 0 Å². The SMILES string of the molecule is N#CC1(Cc2ccc3c(c2)sc2nccn23)CC1. The van der Waals surface area contributed by atoms with Crippen LogP contribution >= 0.6 is 11.3 Å². The lowest BCUT2D eigenvalue weighted by Gasteiger charge is -2.05. The number of hydrogen-bond acceptors (Lipinski definition) is 3. The molecule has 2 heterocycles. The third-order valence-corrected chi connectivity index (χ3v) is 4.76. The van der Waals surface area contributed by atoms with Crippen LogP contribution in [0, 0.1) is 16.7 Å². The van der Waals surface area contributed by atoms with Gasteiger partial charge in [-0.1, -0.05) is 17.4 Å². The minimum Gasteiger partial charge on any atom is -0.290 e. The second-order valence-electron chi connectivity index (χ2n) is 5.05. The number of imidazole rings is 1. The highest BCUT2D eigenvalue weighted by Gasteiger charge is 2.42.